The lowest BCUT2D eigenvalue weighted by Gasteiger charge is -2.08. The number of ether oxygens (including phenoxy) is 1. The molecule has 140 valence electrons. The number of nitrogens with one attached hydrogen (secondary N) is 1. The number of hydrogen-bond donors (Lipinski definition) is 2. The van der Waals surface area contributed by atoms with Crippen LogP contribution in [0.15, 0.2) is 41.8 Å². The first-order chi connectivity index (χ1) is 12.9. The minimum absolute atomic E-state index is 0.133. The van der Waals surface area contributed by atoms with Crippen LogP contribution in [0.25, 0.3) is 10.1 Å². The average Bonchev–Trinajstić information content (AvgIpc) is 3.01. The minimum Gasteiger partial charge on any atom is -0.489 e. The number of benzene rings is 2. The number of aliphatic carboxylic acids is 1. The van der Waals surface area contributed by atoms with Crippen LogP contribution in [0.5, 0.6) is 5.75 Å². The smallest absolute Gasteiger partial charge is 0.322 e. The van der Waals surface area contributed by atoms with Crippen molar-refractivity contribution in [1.82, 2.24) is 5.32 Å². The third-order valence-electron chi connectivity index (χ3n) is 3.82. The second-order valence-electron chi connectivity index (χ2n) is 5.79. The van der Waals surface area contributed by atoms with E-state index in [1.165, 1.54) is 11.3 Å². The highest BCUT2D eigenvalue weighted by atomic mass is 35.5. The van der Waals surface area contributed by atoms with Crippen molar-refractivity contribution >= 4 is 56.5 Å². The summed E-state index contributed by atoms with van der Waals surface area (Å²) < 4.78 is 6.79. The predicted octanol–water partition coefficient (Wildman–Crippen LogP) is 4.53. The van der Waals surface area contributed by atoms with Gasteiger partial charge in [0.15, 0.2) is 0 Å². The summed E-state index contributed by atoms with van der Waals surface area (Å²) in [7, 11) is 0. The van der Waals surface area contributed by atoms with Gasteiger partial charge in [0.1, 0.15) is 18.9 Å². The summed E-state index contributed by atoms with van der Waals surface area (Å²) in [6.45, 7) is -0.0660. The second-order valence-corrected chi connectivity index (χ2v) is 7.55. The fourth-order valence-corrected chi connectivity index (χ4v) is 3.95. The molecular weight excluding hydrogens is 409 g/mol. The molecule has 0 aliphatic heterocycles. The van der Waals surface area contributed by atoms with Gasteiger partial charge in [-0.1, -0.05) is 29.3 Å². The average molecular weight is 424 g/mol. The molecule has 5 nitrogen and oxygen atoms in total. The van der Waals surface area contributed by atoms with Gasteiger partial charge in [-0.2, -0.15) is 0 Å². The summed E-state index contributed by atoms with van der Waals surface area (Å²) in [5.74, 6) is -0.701. The Labute approximate surface area is 169 Å². The molecule has 0 aliphatic carbocycles. The van der Waals surface area contributed by atoms with E-state index in [9.17, 15) is 9.59 Å². The molecule has 0 bridgehead atoms. The number of carbonyl (C=O) groups excluding carboxylic acids is 1. The molecule has 3 aromatic rings. The zero-order valence-electron chi connectivity index (χ0n) is 14.0. The molecule has 0 aliphatic rings. The van der Waals surface area contributed by atoms with Crippen molar-refractivity contribution in [2.24, 2.45) is 0 Å². The molecule has 8 heteroatoms. The monoisotopic (exact) mass is 423 g/mol. The van der Waals surface area contributed by atoms with Gasteiger partial charge in [-0.15, -0.1) is 11.3 Å². The topological polar surface area (TPSA) is 75.6 Å². The van der Waals surface area contributed by atoms with Crippen molar-refractivity contribution in [3.8, 4) is 5.75 Å². The van der Waals surface area contributed by atoms with Gasteiger partial charge in [0.05, 0.1) is 6.42 Å². The lowest BCUT2D eigenvalue weighted by atomic mass is 10.1. The molecule has 0 atom stereocenters. The molecule has 0 unspecified atom stereocenters. The van der Waals surface area contributed by atoms with Crippen LogP contribution in [0.3, 0.4) is 0 Å². The Morgan fingerprint density at radius 1 is 1.11 bits per heavy atom. The number of carboxylic acid groups (broad SMARTS) is 1. The largest absolute Gasteiger partial charge is 0.489 e. The summed E-state index contributed by atoms with van der Waals surface area (Å²) in [6, 6.07) is 10.9. The number of amides is 1. The molecule has 2 N–H and O–H groups in total. The zero-order chi connectivity index (χ0) is 19.4. The molecule has 0 saturated heterocycles. The van der Waals surface area contributed by atoms with Gasteiger partial charge in [0, 0.05) is 20.3 Å². The van der Waals surface area contributed by atoms with Gasteiger partial charge in [-0.25, -0.2) is 0 Å². The molecule has 27 heavy (non-hydrogen) atoms. The minimum atomic E-state index is -1.07. The summed E-state index contributed by atoms with van der Waals surface area (Å²) in [6.07, 6.45) is 0.133. The predicted molar refractivity (Wildman–Crippen MR) is 107 cm³/mol. The van der Waals surface area contributed by atoms with Crippen molar-refractivity contribution in [2.45, 2.75) is 13.0 Å². The van der Waals surface area contributed by atoms with Crippen LogP contribution in [-0.4, -0.2) is 23.5 Å². The van der Waals surface area contributed by atoms with Crippen LogP contribution in [0.1, 0.15) is 11.1 Å². The first kappa shape index (κ1) is 19.5. The van der Waals surface area contributed by atoms with Gasteiger partial charge in [-0.3, -0.25) is 9.59 Å². The lowest BCUT2D eigenvalue weighted by Crippen LogP contribution is -2.30. The Morgan fingerprint density at radius 2 is 1.93 bits per heavy atom. The van der Waals surface area contributed by atoms with Crippen LogP contribution < -0.4 is 10.1 Å². The Hall–Kier alpha value is -2.28. The lowest BCUT2D eigenvalue weighted by molar-refractivity contribution is -0.137. The maximum atomic E-state index is 11.8. The molecule has 1 heterocycles. The van der Waals surface area contributed by atoms with Gasteiger partial charge in [0.25, 0.3) is 0 Å². The van der Waals surface area contributed by atoms with Crippen LogP contribution in [-0.2, 0) is 22.6 Å². The highest BCUT2D eigenvalue weighted by Crippen LogP contribution is 2.31. The van der Waals surface area contributed by atoms with Crippen molar-refractivity contribution in [3.63, 3.8) is 0 Å². The van der Waals surface area contributed by atoms with Crippen molar-refractivity contribution in [1.29, 1.82) is 0 Å². The van der Waals surface area contributed by atoms with Crippen molar-refractivity contribution in [3.05, 3.63) is 63.0 Å². The quantitative estimate of drug-likeness (QED) is 0.585. The third-order valence-corrected chi connectivity index (χ3v) is 5.41. The standard InChI is InChI=1S/C19H15Cl2NO4S/c20-13-2-1-11(16(21)6-13)9-26-14-3-4-15-12(10-27-17(15)7-14)5-18(23)22-8-19(24)25/h1-4,6-7,10H,5,8-9H2,(H,22,23)(H,24,25). The Morgan fingerprint density at radius 3 is 2.67 bits per heavy atom. The van der Waals surface area contributed by atoms with E-state index in [0.717, 1.165) is 21.2 Å². The van der Waals surface area contributed by atoms with Gasteiger partial charge in [-0.05, 0) is 46.7 Å². The first-order valence-electron chi connectivity index (χ1n) is 7.97. The summed E-state index contributed by atoms with van der Waals surface area (Å²) in [4.78, 5) is 22.3. The normalized spacial score (nSPS) is 10.7. The molecular formula is C19H15Cl2NO4S. The fourth-order valence-electron chi connectivity index (χ4n) is 2.50. The van der Waals surface area contributed by atoms with E-state index in [4.69, 9.17) is 33.0 Å². The van der Waals surface area contributed by atoms with E-state index in [0.29, 0.717) is 22.4 Å². The van der Waals surface area contributed by atoms with Crippen LogP contribution in [0.2, 0.25) is 10.0 Å². The number of hydrogen-bond acceptors (Lipinski definition) is 4. The van der Waals surface area contributed by atoms with Crippen LogP contribution in [0.4, 0.5) is 0 Å². The molecule has 3 rings (SSSR count). The Kier molecular flexibility index (Phi) is 6.21. The highest BCUT2D eigenvalue weighted by Gasteiger charge is 2.11. The van der Waals surface area contributed by atoms with E-state index in [2.05, 4.69) is 5.32 Å². The van der Waals surface area contributed by atoms with Gasteiger partial charge < -0.3 is 15.2 Å². The number of fused-ring (bicyclic) bond motifs is 1. The van der Waals surface area contributed by atoms with Crippen LogP contribution >= 0.6 is 34.5 Å². The SMILES string of the molecule is O=C(O)CNC(=O)Cc1csc2cc(OCc3ccc(Cl)cc3Cl)ccc12. The van der Waals surface area contributed by atoms with Crippen LogP contribution in [0, 0.1) is 0 Å². The number of carbonyl (C=O) groups is 2. The van der Waals surface area contributed by atoms with E-state index < -0.39 is 5.97 Å². The molecule has 0 radical (unpaired) electrons. The molecule has 0 saturated carbocycles. The number of carboxylic acids is 1. The molecule has 0 fully saturated rings. The maximum absolute atomic E-state index is 11.8. The van der Waals surface area contributed by atoms with Crippen molar-refractivity contribution < 1.29 is 19.4 Å². The van der Waals surface area contributed by atoms with Gasteiger partial charge in [0.2, 0.25) is 5.91 Å². The van der Waals surface area contributed by atoms with E-state index in [1.54, 1.807) is 12.1 Å². The van der Waals surface area contributed by atoms with E-state index in [1.807, 2.05) is 29.6 Å². The molecule has 2 aromatic carbocycles. The Balaban J connectivity index is 1.67. The molecule has 1 aromatic heterocycles. The summed E-state index contributed by atoms with van der Waals surface area (Å²) in [5.41, 5.74) is 1.69. The first-order valence-corrected chi connectivity index (χ1v) is 9.61. The highest BCUT2D eigenvalue weighted by molar-refractivity contribution is 7.17. The molecule has 1 amide bonds. The third kappa shape index (κ3) is 5.13. The van der Waals surface area contributed by atoms with Crippen molar-refractivity contribution in [2.75, 3.05) is 6.54 Å². The van der Waals surface area contributed by atoms with E-state index in [-0.39, 0.29) is 18.9 Å². The maximum Gasteiger partial charge on any atom is 0.322 e. The molecule has 0 spiro atoms. The number of thiophene rings is 1. The summed E-state index contributed by atoms with van der Waals surface area (Å²) in [5, 5.41) is 14.9. The second kappa shape index (κ2) is 8.61. The number of halogens is 2. The van der Waals surface area contributed by atoms with Gasteiger partial charge >= 0.3 is 5.97 Å². The van der Waals surface area contributed by atoms with E-state index >= 15 is 0 Å². The number of rotatable bonds is 7. The fraction of sp³-hybridized carbons (Fsp3) is 0.158. The summed E-state index contributed by atoms with van der Waals surface area (Å²) >= 11 is 13.5. The Bertz CT molecular complexity index is 1000. The zero-order valence-corrected chi connectivity index (χ0v) is 16.3.